The molecule has 0 aromatic carbocycles. The molecule has 0 atom stereocenters. The number of hydrogen-bond donors (Lipinski definition) is 2. The molecule has 0 aromatic heterocycles. The van der Waals surface area contributed by atoms with Crippen molar-refractivity contribution in [2.75, 3.05) is 0 Å². The molecule has 0 fully saturated rings. The molecular weight excluding hydrogens is 207 g/mol. The van der Waals surface area contributed by atoms with Crippen LogP contribution in [0.15, 0.2) is 0 Å². The van der Waals surface area contributed by atoms with E-state index >= 15 is 0 Å². The molecule has 78 valence electrons. The van der Waals surface area contributed by atoms with Crippen molar-refractivity contribution in [2.24, 2.45) is 0 Å². The van der Waals surface area contributed by atoms with Crippen LogP contribution in [0.1, 0.15) is 0 Å². The molecule has 0 bridgehead atoms. The molecule has 10 heteroatoms. The first-order valence-electron chi connectivity index (χ1n) is 2.05. The fourth-order valence-electron chi connectivity index (χ4n) is 0. The van der Waals surface area contributed by atoms with Gasteiger partial charge in [0.05, 0.1) is 8.41 Å². The third kappa shape index (κ3) is 1490. The summed E-state index contributed by atoms with van der Waals surface area (Å²) in [6.45, 7) is 0. The molecule has 0 unspecified atom stereocenters. The van der Waals surface area contributed by atoms with E-state index in [9.17, 15) is 0 Å². The van der Waals surface area contributed by atoms with E-state index in [1.807, 2.05) is 17.7 Å². The second-order valence-corrected chi connectivity index (χ2v) is 1.90. The summed E-state index contributed by atoms with van der Waals surface area (Å²) in [6, 6.07) is 0. The van der Waals surface area contributed by atoms with Crippen LogP contribution in [0.25, 0.3) is 0 Å². The molecule has 0 saturated heterocycles. The Morgan fingerprint density at radius 1 is 1.23 bits per heavy atom. The SMILES string of the molecule is B.F.F.F.O=S(=O)(O)O.[Li][CH2]C#C. The van der Waals surface area contributed by atoms with Crippen LogP contribution >= 0.6 is 0 Å². The van der Waals surface area contributed by atoms with Crippen molar-refractivity contribution in [1.82, 2.24) is 0 Å². The Morgan fingerprint density at radius 2 is 1.31 bits per heavy atom. The van der Waals surface area contributed by atoms with Crippen LogP contribution < -0.4 is 0 Å². The molecule has 0 aliphatic heterocycles. The molecule has 0 radical (unpaired) electrons. The van der Waals surface area contributed by atoms with Gasteiger partial charge in [0, 0.05) is 0 Å². The third-order valence-corrected chi connectivity index (χ3v) is 0.204. The van der Waals surface area contributed by atoms with Crippen molar-refractivity contribution >= 4 is 36.5 Å². The van der Waals surface area contributed by atoms with Gasteiger partial charge in [-0.1, -0.05) is 0 Å². The monoisotopic (exact) mass is 218 g/mol. The van der Waals surface area contributed by atoms with Crippen LogP contribution in [0.4, 0.5) is 14.1 Å². The number of terminal acetylenes is 1. The Bertz CT molecular complexity index is 183. The molecule has 0 rings (SSSR count). The molecule has 0 heterocycles. The Labute approximate surface area is 85.9 Å². The zero-order valence-corrected chi connectivity index (χ0v) is 6.94. The van der Waals surface area contributed by atoms with E-state index in [4.69, 9.17) is 23.9 Å². The second-order valence-electron chi connectivity index (χ2n) is 1.01. The van der Waals surface area contributed by atoms with E-state index in [1.165, 1.54) is 0 Å². The second kappa shape index (κ2) is 22.6. The van der Waals surface area contributed by atoms with Gasteiger partial charge < -0.3 is 0 Å². The van der Waals surface area contributed by atoms with Crippen molar-refractivity contribution in [1.29, 1.82) is 0 Å². The van der Waals surface area contributed by atoms with Gasteiger partial charge in [0.1, 0.15) is 0 Å². The number of halogens is 3. The van der Waals surface area contributed by atoms with Gasteiger partial charge in [-0.2, -0.15) is 8.42 Å². The van der Waals surface area contributed by atoms with E-state index in [-0.39, 0.29) is 22.5 Å². The first-order valence-corrected chi connectivity index (χ1v) is 3.44. The normalized spacial score (nSPS) is 6.08. The summed E-state index contributed by atoms with van der Waals surface area (Å²) in [7, 11) is -4.67. The van der Waals surface area contributed by atoms with Gasteiger partial charge in [0.2, 0.25) is 0 Å². The molecule has 0 aromatic rings. The quantitative estimate of drug-likeness (QED) is 0.305. The van der Waals surface area contributed by atoms with Crippen LogP contribution in [0.2, 0.25) is 5.09 Å². The van der Waals surface area contributed by atoms with Gasteiger partial charge in [-0.3, -0.25) is 23.2 Å². The van der Waals surface area contributed by atoms with E-state index in [2.05, 4.69) is 5.92 Å². The average Bonchev–Trinajstić information content (AvgIpc) is 1.61. The predicted octanol–water partition coefficient (Wildman–Crippen LogP) is -1.17. The van der Waals surface area contributed by atoms with Crippen LogP contribution in [-0.2, 0) is 10.4 Å². The van der Waals surface area contributed by atoms with E-state index < -0.39 is 10.4 Å². The first-order chi connectivity index (χ1) is 3.91. The van der Waals surface area contributed by atoms with Gasteiger partial charge in [-0.15, -0.1) is 0 Å². The van der Waals surface area contributed by atoms with E-state index in [1.54, 1.807) is 0 Å². The maximum absolute atomic E-state index is 8.74. The fourth-order valence-corrected chi connectivity index (χ4v) is 0. The standard InChI is InChI=1S/C3H3.BH3.3FH.Li.H2O4S/c1-3-2;;;;;;1-5(2,3)4/h1H,2H2;1H3;3*1H;;(H2,1,2,3,4). The molecule has 0 saturated carbocycles. The Hall–Kier alpha value is -0.118. The summed E-state index contributed by atoms with van der Waals surface area (Å²) < 4.78 is 31.6. The van der Waals surface area contributed by atoms with Crippen LogP contribution in [0.5, 0.6) is 0 Å². The zero-order valence-electron chi connectivity index (χ0n) is 6.13. The predicted molar refractivity (Wildman–Crippen MR) is 51.0 cm³/mol. The summed E-state index contributed by atoms with van der Waals surface area (Å²) in [6.07, 6.45) is 4.78. The van der Waals surface area contributed by atoms with Crippen molar-refractivity contribution in [3.05, 3.63) is 0 Å². The van der Waals surface area contributed by atoms with Crippen molar-refractivity contribution < 1.29 is 31.6 Å². The van der Waals surface area contributed by atoms with Gasteiger partial charge >= 0.3 is 45.6 Å². The molecule has 4 nitrogen and oxygen atoms in total. The molecule has 0 aliphatic carbocycles. The molecule has 0 aliphatic rings. The fraction of sp³-hybridized carbons (Fsp3) is 0.333. The first kappa shape index (κ1) is 38.4. The Balaban J connectivity index is -0.0000000146. The average molecular weight is 218 g/mol. The van der Waals surface area contributed by atoms with Crippen molar-refractivity contribution in [2.45, 2.75) is 5.09 Å². The summed E-state index contributed by atoms with van der Waals surface area (Å²) in [4.78, 5) is 0. The number of hydrogen-bond acceptors (Lipinski definition) is 2. The minimum atomic E-state index is -4.67. The van der Waals surface area contributed by atoms with Crippen LogP contribution in [-0.4, -0.2) is 43.7 Å². The van der Waals surface area contributed by atoms with Gasteiger partial charge in [-0.25, -0.2) is 0 Å². The van der Waals surface area contributed by atoms with Gasteiger partial charge in [0.15, 0.2) is 0 Å². The molecule has 0 amide bonds. The van der Waals surface area contributed by atoms with Crippen LogP contribution in [0.3, 0.4) is 0 Å². The van der Waals surface area contributed by atoms with Gasteiger partial charge in [0.25, 0.3) is 0 Å². The zero-order chi connectivity index (χ0) is 7.91. The summed E-state index contributed by atoms with van der Waals surface area (Å²) in [5, 5.41) is 0.847. The van der Waals surface area contributed by atoms with Crippen molar-refractivity contribution in [3.63, 3.8) is 0 Å². The third-order valence-electron chi connectivity index (χ3n) is 0.204. The molecule has 13 heavy (non-hydrogen) atoms. The Morgan fingerprint density at radius 3 is 1.31 bits per heavy atom. The summed E-state index contributed by atoms with van der Waals surface area (Å²) in [5.74, 6) is 2.43. The van der Waals surface area contributed by atoms with E-state index in [0.29, 0.717) is 0 Å². The summed E-state index contributed by atoms with van der Waals surface area (Å²) in [5.41, 5.74) is 0. The molecular formula is C3H11BF3LiO4S. The maximum atomic E-state index is 8.74. The van der Waals surface area contributed by atoms with E-state index in [0.717, 1.165) is 5.09 Å². The minimum absolute atomic E-state index is 0. The molecule has 2 N–H and O–H groups in total. The Kier molecular flexibility index (Phi) is 66.9. The van der Waals surface area contributed by atoms with Crippen molar-refractivity contribution in [3.8, 4) is 12.3 Å². The summed E-state index contributed by atoms with van der Waals surface area (Å²) >= 11 is 1.94. The molecule has 0 spiro atoms. The topological polar surface area (TPSA) is 74.6 Å². The van der Waals surface area contributed by atoms with Crippen LogP contribution in [0, 0.1) is 12.3 Å². The van der Waals surface area contributed by atoms with Gasteiger partial charge in [-0.05, 0) is 0 Å². The number of rotatable bonds is 0.